The van der Waals surface area contributed by atoms with Gasteiger partial charge in [0.05, 0.1) is 11.3 Å². The minimum atomic E-state index is -0.488. The largest absolute Gasteiger partial charge is 0.350 e. The molecule has 1 heterocycles. The standard InChI is InChI=1S/C27H18ClFN2O2/c1-16-15-19(28)11-14-23(16)31-26(32)24(18-9-12-20(29)13-10-18)25(27(31)33)30-22-8-4-6-17-5-2-3-7-21(17)22/h2-15,30H,1H3. The fourth-order valence-corrected chi connectivity index (χ4v) is 4.31. The predicted octanol–water partition coefficient (Wildman–Crippen LogP) is 6.34. The van der Waals surface area contributed by atoms with Crippen LogP contribution >= 0.6 is 11.6 Å². The zero-order chi connectivity index (χ0) is 23.1. The molecule has 0 saturated heterocycles. The SMILES string of the molecule is Cc1cc(Cl)ccc1N1C(=O)C(Nc2cccc3ccccc23)=C(c2ccc(F)cc2)C1=O. The van der Waals surface area contributed by atoms with Crippen LogP contribution in [0.1, 0.15) is 11.1 Å². The first kappa shape index (κ1) is 20.9. The van der Waals surface area contributed by atoms with E-state index in [-0.39, 0.29) is 11.3 Å². The maximum Gasteiger partial charge on any atom is 0.282 e. The number of amides is 2. The van der Waals surface area contributed by atoms with Gasteiger partial charge < -0.3 is 5.32 Å². The van der Waals surface area contributed by atoms with Crippen LogP contribution in [0.25, 0.3) is 16.3 Å². The molecule has 0 aromatic heterocycles. The number of imide groups is 1. The van der Waals surface area contributed by atoms with E-state index in [2.05, 4.69) is 5.32 Å². The summed E-state index contributed by atoms with van der Waals surface area (Å²) < 4.78 is 13.6. The fraction of sp³-hybridized carbons (Fsp3) is 0.0370. The topological polar surface area (TPSA) is 49.4 Å². The molecule has 1 aliphatic heterocycles. The lowest BCUT2D eigenvalue weighted by Gasteiger charge is -2.18. The van der Waals surface area contributed by atoms with Gasteiger partial charge in [-0.25, -0.2) is 9.29 Å². The molecule has 5 rings (SSSR count). The maximum absolute atomic E-state index is 13.6. The van der Waals surface area contributed by atoms with E-state index in [1.54, 1.807) is 25.1 Å². The van der Waals surface area contributed by atoms with E-state index in [9.17, 15) is 14.0 Å². The Morgan fingerprint density at radius 3 is 2.33 bits per heavy atom. The van der Waals surface area contributed by atoms with Crippen LogP contribution in [-0.4, -0.2) is 11.8 Å². The number of nitrogens with one attached hydrogen (secondary N) is 1. The summed E-state index contributed by atoms with van der Waals surface area (Å²) in [6, 6.07) is 24.0. The first-order valence-electron chi connectivity index (χ1n) is 10.3. The van der Waals surface area contributed by atoms with E-state index in [1.165, 1.54) is 24.3 Å². The molecule has 0 fully saturated rings. The second-order valence-corrected chi connectivity index (χ2v) is 8.22. The van der Waals surface area contributed by atoms with Gasteiger partial charge in [-0.15, -0.1) is 0 Å². The molecule has 0 atom stereocenters. The minimum Gasteiger partial charge on any atom is -0.350 e. The molecular weight excluding hydrogens is 439 g/mol. The fourth-order valence-electron chi connectivity index (χ4n) is 4.09. The molecule has 0 saturated carbocycles. The molecule has 1 aliphatic rings. The summed E-state index contributed by atoms with van der Waals surface area (Å²) in [6.07, 6.45) is 0. The first-order valence-corrected chi connectivity index (χ1v) is 10.7. The van der Waals surface area contributed by atoms with Gasteiger partial charge in [0.2, 0.25) is 0 Å². The number of carbonyl (C=O) groups excluding carboxylic acids is 2. The first-order chi connectivity index (χ1) is 15.9. The lowest BCUT2D eigenvalue weighted by Crippen LogP contribution is -2.33. The number of halogens is 2. The average Bonchev–Trinajstić information content (AvgIpc) is 3.04. The van der Waals surface area contributed by atoms with Gasteiger partial charge in [-0.2, -0.15) is 0 Å². The van der Waals surface area contributed by atoms with Gasteiger partial charge in [0.15, 0.2) is 0 Å². The van der Waals surface area contributed by atoms with Crippen molar-refractivity contribution < 1.29 is 14.0 Å². The molecule has 2 amide bonds. The minimum absolute atomic E-state index is 0.136. The smallest absolute Gasteiger partial charge is 0.282 e. The molecule has 0 bridgehead atoms. The number of benzene rings is 4. The third-order valence-electron chi connectivity index (χ3n) is 5.67. The Morgan fingerprint density at radius 2 is 1.58 bits per heavy atom. The van der Waals surface area contributed by atoms with Gasteiger partial charge in [0.25, 0.3) is 11.8 Å². The van der Waals surface area contributed by atoms with Crippen LogP contribution in [0.15, 0.2) is 90.6 Å². The van der Waals surface area contributed by atoms with Gasteiger partial charge in [-0.05, 0) is 59.8 Å². The summed E-state index contributed by atoms with van der Waals surface area (Å²) in [5.41, 5.74) is 2.60. The van der Waals surface area contributed by atoms with Crippen molar-refractivity contribution in [2.24, 2.45) is 0 Å². The number of hydrogen-bond acceptors (Lipinski definition) is 3. The Bertz CT molecular complexity index is 1460. The summed E-state index contributed by atoms with van der Waals surface area (Å²) >= 11 is 6.08. The van der Waals surface area contributed by atoms with Crippen LogP contribution in [0.3, 0.4) is 0 Å². The number of anilines is 2. The highest BCUT2D eigenvalue weighted by Crippen LogP contribution is 2.36. The second-order valence-electron chi connectivity index (χ2n) is 7.79. The number of carbonyl (C=O) groups is 2. The normalized spacial score (nSPS) is 13.8. The summed E-state index contributed by atoms with van der Waals surface area (Å²) in [4.78, 5) is 28.3. The van der Waals surface area contributed by atoms with Crippen molar-refractivity contribution in [3.63, 3.8) is 0 Å². The lowest BCUT2D eigenvalue weighted by atomic mass is 10.0. The van der Waals surface area contributed by atoms with E-state index < -0.39 is 17.6 Å². The number of fused-ring (bicyclic) bond motifs is 1. The van der Waals surface area contributed by atoms with Crippen molar-refractivity contribution in [1.82, 2.24) is 0 Å². The van der Waals surface area contributed by atoms with Crippen LogP contribution in [-0.2, 0) is 9.59 Å². The summed E-state index contributed by atoms with van der Waals surface area (Å²) in [6.45, 7) is 1.79. The monoisotopic (exact) mass is 456 g/mol. The lowest BCUT2D eigenvalue weighted by molar-refractivity contribution is -0.120. The van der Waals surface area contributed by atoms with E-state index in [4.69, 9.17) is 11.6 Å². The summed E-state index contributed by atoms with van der Waals surface area (Å²) in [5, 5.41) is 5.62. The molecule has 0 aliphatic carbocycles. The Kier molecular flexibility index (Phi) is 5.19. The molecule has 0 radical (unpaired) electrons. The van der Waals surface area contributed by atoms with Crippen LogP contribution < -0.4 is 10.2 Å². The molecule has 0 spiro atoms. The van der Waals surface area contributed by atoms with Crippen molar-refractivity contribution in [2.45, 2.75) is 6.92 Å². The Hall–Kier alpha value is -3.96. The van der Waals surface area contributed by atoms with Gasteiger partial charge in [0, 0.05) is 16.1 Å². The third kappa shape index (κ3) is 3.66. The second kappa shape index (κ2) is 8.19. The van der Waals surface area contributed by atoms with Crippen LogP contribution in [0.2, 0.25) is 5.02 Å². The van der Waals surface area contributed by atoms with E-state index in [1.807, 2.05) is 42.5 Å². The van der Waals surface area contributed by atoms with E-state index >= 15 is 0 Å². The van der Waals surface area contributed by atoms with Crippen molar-refractivity contribution >= 4 is 51.1 Å². The van der Waals surface area contributed by atoms with Crippen LogP contribution in [0.5, 0.6) is 0 Å². The zero-order valence-corrected chi connectivity index (χ0v) is 18.4. The van der Waals surface area contributed by atoms with Crippen molar-refractivity contribution in [3.8, 4) is 0 Å². The number of aryl methyl sites for hydroxylation is 1. The maximum atomic E-state index is 13.6. The molecule has 4 nitrogen and oxygen atoms in total. The van der Waals surface area contributed by atoms with Crippen LogP contribution in [0.4, 0.5) is 15.8 Å². The Labute approximate surface area is 194 Å². The highest BCUT2D eigenvalue weighted by molar-refractivity contribution is 6.46. The van der Waals surface area contributed by atoms with Gasteiger partial charge in [-0.3, -0.25) is 9.59 Å². The van der Waals surface area contributed by atoms with Gasteiger partial charge in [0.1, 0.15) is 11.5 Å². The quantitative estimate of drug-likeness (QED) is 0.365. The number of nitrogens with zero attached hydrogens (tertiary/aromatic N) is 1. The molecule has 1 N–H and O–H groups in total. The Balaban J connectivity index is 1.67. The molecule has 0 unspecified atom stereocenters. The number of rotatable bonds is 4. The van der Waals surface area contributed by atoms with Gasteiger partial charge in [-0.1, -0.05) is 60.1 Å². The third-order valence-corrected chi connectivity index (χ3v) is 5.90. The predicted molar refractivity (Wildman–Crippen MR) is 130 cm³/mol. The summed E-state index contributed by atoms with van der Waals surface area (Å²) in [5.74, 6) is -1.40. The highest BCUT2D eigenvalue weighted by Gasteiger charge is 2.41. The van der Waals surface area contributed by atoms with Gasteiger partial charge >= 0.3 is 0 Å². The van der Waals surface area contributed by atoms with E-state index in [0.29, 0.717) is 27.5 Å². The number of hydrogen-bond donors (Lipinski definition) is 1. The highest BCUT2D eigenvalue weighted by atomic mass is 35.5. The van der Waals surface area contributed by atoms with Crippen LogP contribution in [0, 0.1) is 12.7 Å². The summed E-state index contributed by atoms with van der Waals surface area (Å²) in [7, 11) is 0. The van der Waals surface area contributed by atoms with E-state index in [0.717, 1.165) is 15.7 Å². The molecular formula is C27H18ClFN2O2. The zero-order valence-electron chi connectivity index (χ0n) is 17.6. The Morgan fingerprint density at radius 1 is 0.848 bits per heavy atom. The molecule has 162 valence electrons. The molecule has 4 aromatic rings. The average molecular weight is 457 g/mol. The van der Waals surface area contributed by atoms with Crippen molar-refractivity contribution in [2.75, 3.05) is 10.2 Å². The molecule has 4 aromatic carbocycles. The molecule has 33 heavy (non-hydrogen) atoms. The molecule has 6 heteroatoms. The van der Waals surface area contributed by atoms with Crippen molar-refractivity contribution in [1.29, 1.82) is 0 Å². The van der Waals surface area contributed by atoms with Crippen molar-refractivity contribution in [3.05, 3.63) is 113 Å².